The van der Waals surface area contributed by atoms with Gasteiger partial charge in [-0.2, -0.15) is 0 Å². The summed E-state index contributed by atoms with van der Waals surface area (Å²) in [5, 5.41) is 9.14. The van der Waals surface area contributed by atoms with E-state index in [0.717, 1.165) is 5.56 Å². The number of benzene rings is 2. The van der Waals surface area contributed by atoms with Crippen molar-refractivity contribution in [1.29, 1.82) is 0 Å². The van der Waals surface area contributed by atoms with Crippen molar-refractivity contribution in [3.05, 3.63) is 53.6 Å². The van der Waals surface area contributed by atoms with Gasteiger partial charge in [0, 0.05) is 0 Å². The summed E-state index contributed by atoms with van der Waals surface area (Å²) in [7, 11) is -2.40. The predicted octanol–water partition coefficient (Wildman–Crippen LogP) is 2.50. The first-order chi connectivity index (χ1) is 10.3. The van der Waals surface area contributed by atoms with Gasteiger partial charge in [0.2, 0.25) is 0 Å². The van der Waals surface area contributed by atoms with Gasteiger partial charge in [0.05, 0.1) is 23.3 Å². The van der Waals surface area contributed by atoms with Crippen LogP contribution in [0.4, 0.5) is 5.69 Å². The number of ether oxygens (including phenoxy) is 1. The highest BCUT2D eigenvalue weighted by Crippen LogP contribution is 2.23. The first kappa shape index (κ1) is 15.8. The molecule has 0 fully saturated rings. The van der Waals surface area contributed by atoms with Crippen LogP contribution in [-0.2, 0) is 10.0 Å². The van der Waals surface area contributed by atoms with Crippen LogP contribution in [0.2, 0.25) is 0 Å². The summed E-state index contributed by atoms with van der Waals surface area (Å²) >= 11 is 0. The number of carbonyl (C=O) groups is 1. The second kappa shape index (κ2) is 6.07. The van der Waals surface area contributed by atoms with Gasteiger partial charge in [-0.15, -0.1) is 0 Å². The maximum atomic E-state index is 12.3. The average Bonchev–Trinajstić information content (AvgIpc) is 2.46. The van der Waals surface area contributed by atoms with Crippen molar-refractivity contribution in [2.75, 3.05) is 11.8 Å². The van der Waals surface area contributed by atoms with Crippen LogP contribution in [0, 0.1) is 6.92 Å². The number of carboxylic acid groups (broad SMARTS) is 1. The molecule has 0 saturated heterocycles. The Morgan fingerprint density at radius 1 is 1.14 bits per heavy atom. The highest BCUT2D eigenvalue weighted by atomic mass is 32.2. The Kier molecular flexibility index (Phi) is 4.37. The number of aromatic carboxylic acids is 1. The summed E-state index contributed by atoms with van der Waals surface area (Å²) in [6.45, 7) is 1.75. The molecule has 0 bridgehead atoms. The second-order valence-corrected chi connectivity index (χ2v) is 6.32. The smallest absolute Gasteiger partial charge is 0.337 e. The lowest BCUT2D eigenvalue weighted by atomic mass is 10.1. The molecule has 2 N–H and O–H groups in total. The van der Waals surface area contributed by atoms with E-state index >= 15 is 0 Å². The molecule has 2 aromatic rings. The third-order valence-corrected chi connectivity index (χ3v) is 4.40. The number of hydrogen-bond donors (Lipinski definition) is 2. The molecule has 0 atom stereocenters. The first-order valence-corrected chi connectivity index (χ1v) is 7.82. The minimum absolute atomic E-state index is 0.0196. The molecule has 0 unspecified atom stereocenters. The number of nitrogens with one attached hydrogen (secondary N) is 1. The van der Waals surface area contributed by atoms with E-state index in [1.54, 1.807) is 13.0 Å². The van der Waals surface area contributed by atoms with Crippen molar-refractivity contribution in [1.82, 2.24) is 0 Å². The van der Waals surface area contributed by atoms with E-state index in [9.17, 15) is 13.2 Å². The Hall–Kier alpha value is -2.54. The van der Waals surface area contributed by atoms with Crippen molar-refractivity contribution in [2.24, 2.45) is 0 Å². The molecule has 0 radical (unpaired) electrons. The molecule has 116 valence electrons. The Morgan fingerprint density at radius 2 is 1.77 bits per heavy atom. The van der Waals surface area contributed by atoms with Gasteiger partial charge in [-0.05, 0) is 48.9 Å². The van der Waals surface area contributed by atoms with Crippen LogP contribution in [-0.4, -0.2) is 26.6 Å². The quantitative estimate of drug-likeness (QED) is 0.882. The van der Waals surface area contributed by atoms with Crippen LogP contribution in [0.5, 0.6) is 5.75 Å². The van der Waals surface area contributed by atoms with E-state index < -0.39 is 16.0 Å². The van der Waals surface area contributed by atoms with Crippen LogP contribution >= 0.6 is 0 Å². The molecule has 2 rings (SSSR count). The molecule has 7 heteroatoms. The number of sulfonamides is 1. The van der Waals surface area contributed by atoms with Gasteiger partial charge in [0.1, 0.15) is 5.75 Å². The number of aryl methyl sites for hydroxylation is 1. The van der Waals surface area contributed by atoms with E-state index in [0.29, 0.717) is 5.75 Å². The molecular weight excluding hydrogens is 306 g/mol. The van der Waals surface area contributed by atoms with Gasteiger partial charge in [-0.1, -0.05) is 6.07 Å². The Bertz CT molecular complexity index is 797. The monoisotopic (exact) mass is 321 g/mol. The fourth-order valence-corrected chi connectivity index (χ4v) is 2.96. The maximum Gasteiger partial charge on any atom is 0.337 e. The van der Waals surface area contributed by atoms with Gasteiger partial charge in [0.15, 0.2) is 0 Å². The van der Waals surface area contributed by atoms with E-state index in [4.69, 9.17) is 9.84 Å². The van der Waals surface area contributed by atoms with Crippen LogP contribution in [0.3, 0.4) is 0 Å². The van der Waals surface area contributed by atoms with Crippen molar-refractivity contribution < 1.29 is 23.1 Å². The molecule has 22 heavy (non-hydrogen) atoms. The molecule has 0 aliphatic carbocycles. The number of methoxy groups -OCH3 is 1. The minimum Gasteiger partial charge on any atom is -0.497 e. The zero-order chi connectivity index (χ0) is 16.3. The summed E-state index contributed by atoms with van der Waals surface area (Å²) in [6.07, 6.45) is 0. The summed E-state index contributed by atoms with van der Waals surface area (Å²) < 4.78 is 32.0. The largest absolute Gasteiger partial charge is 0.497 e. The molecule has 6 nitrogen and oxygen atoms in total. The predicted molar refractivity (Wildman–Crippen MR) is 81.9 cm³/mol. The zero-order valence-electron chi connectivity index (χ0n) is 12.0. The highest BCUT2D eigenvalue weighted by Gasteiger charge is 2.18. The number of hydrogen-bond acceptors (Lipinski definition) is 4. The Balaban J connectivity index is 2.40. The number of rotatable bonds is 5. The van der Waals surface area contributed by atoms with Crippen LogP contribution in [0.25, 0.3) is 0 Å². The number of anilines is 1. The lowest BCUT2D eigenvalue weighted by Crippen LogP contribution is -2.15. The van der Waals surface area contributed by atoms with Crippen LogP contribution in [0.15, 0.2) is 47.4 Å². The second-order valence-electron chi connectivity index (χ2n) is 4.64. The fourth-order valence-electron chi connectivity index (χ4n) is 1.89. The molecule has 0 aliphatic heterocycles. The molecule has 0 spiro atoms. The van der Waals surface area contributed by atoms with Gasteiger partial charge in [0.25, 0.3) is 10.0 Å². The fraction of sp³-hybridized carbons (Fsp3) is 0.133. The van der Waals surface area contributed by atoms with Crippen molar-refractivity contribution in [3.63, 3.8) is 0 Å². The first-order valence-electron chi connectivity index (χ1n) is 6.34. The lowest BCUT2D eigenvalue weighted by Gasteiger charge is -2.11. The molecule has 0 heterocycles. The third-order valence-electron chi connectivity index (χ3n) is 3.02. The normalized spacial score (nSPS) is 11.0. The molecular formula is C15H15NO5S. The third kappa shape index (κ3) is 3.37. The highest BCUT2D eigenvalue weighted by molar-refractivity contribution is 7.92. The topological polar surface area (TPSA) is 92.7 Å². The lowest BCUT2D eigenvalue weighted by molar-refractivity contribution is 0.0698. The molecule has 2 aromatic carbocycles. The molecule has 0 saturated carbocycles. The van der Waals surface area contributed by atoms with Gasteiger partial charge in [-0.3, -0.25) is 4.72 Å². The molecule has 0 amide bonds. The Morgan fingerprint density at radius 3 is 2.32 bits per heavy atom. The summed E-state index contributed by atoms with van der Waals surface area (Å²) in [4.78, 5) is 11.2. The molecule has 0 aromatic heterocycles. The minimum atomic E-state index is -3.88. The average molecular weight is 321 g/mol. The SMILES string of the molecule is COc1ccc(S(=O)(=O)Nc2cc(C)ccc2C(=O)O)cc1. The Labute approximate surface area is 128 Å². The molecule has 0 aliphatic rings. The summed E-state index contributed by atoms with van der Waals surface area (Å²) in [6, 6.07) is 10.3. The van der Waals surface area contributed by atoms with Crippen molar-refractivity contribution in [3.8, 4) is 5.75 Å². The standard InChI is InChI=1S/C15H15NO5S/c1-10-3-8-13(15(17)18)14(9-10)16-22(19,20)12-6-4-11(21-2)5-7-12/h3-9,16H,1-2H3,(H,17,18). The summed E-state index contributed by atoms with van der Waals surface area (Å²) in [5.41, 5.74) is 0.670. The van der Waals surface area contributed by atoms with Crippen LogP contribution < -0.4 is 9.46 Å². The van der Waals surface area contributed by atoms with Crippen molar-refractivity contribution in [2.45, 2.75) is 11.8 Å². The van der Waals surface area contributed by atoms with E-state index in [1.807, 2.05) is 0 Å². The summed E-state index contributed by atoms with van der Waals surface area (Å²) in [5.74, 6) is -0.673. The van der Waals surface area contributed by atoms with Gasteiger partial charge < -0.3 is 9.84 Å². The van der Waals surface area contributed by atoms with Gasteiger partial charge >= 0.3 is 5.97 Å². The van der Waals surface area contributed by atoms with E-state index in [1.165, 1.54) is 43.5 Å². The van der Waals surface area contributed by atoms with Crippen molar-refractivity contribution >= 4 is 21.7 Å². The maximum absolute atomic E-state index is 12.3. The van der Waals surface area contributed by atoms with Crippen LogP contribution in [0.1, 0.15) is 15.9 Å². The van der Waals surface area contributed by atoms with E-state index in [2.05, 4.69) is 4.72 Å². The zero-order valence-corrected chi connectivity index (χ0v) is 12.8. The number of carboxylic acids is 1. The van der Waals surface area contributed by atoms with Gasteiger partial charge in [-0.25, -0.2) is 13.2 Å². The van der Waals surface area contributed by atoms with E-state index in [-0.39, 0.29) is 16.1 Å².